The molecule has 2 spiro atoms. The van der Waals surface area contributed by atoms with E-state index >= 15 is 0 Å². The van der Waals surface area contributed by atoms with Crippen LogP contribution in [0.15, 0.2) is 231 Å². The van der Waals surface area contributed by atoms with Gasteiger partial charge >= 0.3 is 0 Å². The third-order valence-electron chi connectivity index (χ3n) is 15.3. The van der Waals surface area contributed by atoms with E-state index in [-0.39, 0.29) is 0 Å². The molecule has 0 bridgehead atoms. The lowest BCUT2D eigenvalue weighted by atomic mass is 10.1. The van der Waals surface area contributed by atoms with Gasteiger partial charge in [-0.25, -0.2) is 4.98 Å². The molecule has 0 unspecified atom stereocenters. The summed E-state index contributed by atoms with van der Waals surface area (Å²) in [5.74, 6) is 8.32. The topological polar surface area (TPSA) is 80.5 Å². The van der Waals surface area contributed by atoms with Crippen LogP contribution in [0.1, 0.15) is 0 Å². The van der Waals surface area contributed by atoms with Crippen LogP contribution in [-0.4, -0.2) is 35.7 Å². The van der Waals surface area contributed by atoms with Crippen LogP contribution in [0.3, 0.4) is 0 Å². The van der Waals surface area contributed by atoms with Gasteiger partial charge in [-0.15, -0.1) is 0 Å². The number of hydrogen-bond acceptors (Lipinski definition) is 7. The van der Waals surface area contributed by atoms with Crippen LogP contribution in [0.25, 0.3) is 50.5 Å². The maximum atomic E-state index is 6.90. The van der Waals surface area contributed by atoms with Crippen molar-refractivity contribution in [3.8, 4) is 74.7 Å². The molecular weight excluding hydrogens is 933 g/mol. The van der Waals surface area contributed by atoms with E-state index in [1.165, 1.54) is 0 Å². The Morgan fingerprint density at radius 1 is 0.274 bits per heavy atom. The van der Waals surface area contributed by atoms with Crippen LogP contribution in [0.2, 0.25) is 0 Å². The van der Waals surface area contributed by atoms with Crippen molar-refractivity contribution in [1.82, 2.24) is 19.5 Å². The number of aromatic nitrogens is 4. The molecule has 0 amide bonds. The average molecular weight is 971 g/mol. The molecule has 4 aliphatic rings. The third-order valence-corrected chi connectivity index (χ3v) is 25.0. The van der Waals surface area contributed by atoms with Gasteiger partial charge < -0.3 is 18.9 Å². The van der Waals surface area contributed by atoms with E-state index in [1.807, 2.05) is 0 Å². The Labute approximate surface area is 421 Å². The fourth-order valence-electron chi connectivity index (χ4n) is 12.4. The third kappa shape index (κ3) is 5.50. The van der Waals surface area contributed by atoms with Crippen LogP contribution in [0.5, 0.6) is 46.0 Å². The van der Waals surface area contributed by atoms with Gasteiger partial charge in [0.15, 0.2) is 27.8 Å². The molecule has 10 aromatic carbocycles. The summed E-state index contributed by atoms with van der Waals surface area (Å²) in [5, 5.41) is 11.4. The smallest absolute Gasteiger partial charge is 0.238 e. The molecule has 6 heterocycles. The van der Waals surface area contributed by atoms with Crippen molar-refractivity contribution >= 4 is 79.4 Å². The second-order valence-corrected chi connectivity index (χ2v) is 26.3. The van der Waals surface area contributed by atoms with Crippen LogP contribution in [0.4, 0.5) is 0 Å². The van der Waals surface area contributed by atoms with Gasteiger partial charge in [-0.2, -0.15) is 9.97 Å². The van der Waals surface area contributed by atoms with E-state index < -0.39 is 16.1 Å². The Bertz CT molecular complexity index is 3870. The second-order valence-electron chi connectivity index (χ2n) is 19.0. The van der Waals surface area contributed by atoms with Crippen LogP contribution >= 0.6 is 0 Å². The summed E-state index contributed by atoms with van der Waals surface area (Å²) >= 11 is 0. The number of para-hydroxylation sites is 8. The van der Waals surface area contributed by atoms with E-state index in [4.69, 9.17) is 33.9 Å². The molecule has 4 aliphatic heterocycles. The van der Waals surface area contributed by atoms with Gasteiger partial charge in [0, 0.05) is 21.9 Å². The zero-order valence-corrected chi connectivity index (χ0v) is 40.9. The molecular formula is C63H38N4O4Si2. The van der Waals surface area contributed by atoms with Crippen molar-refractivity contribution < 1.29 is 18.9 Å². The molecule has 12 aromatic rings. The van der Waals surface area contributed by atoms with Crippen molar-refractivity contribution in [2.45, 2.75) is 0 Å². The molecule has 16 rings (SSSR count). The highest BCUT2D eigenvalue weighted by atomic mass is 28.3. The Morgan fingerprint density at radius 2 is 0.562 bits per heavy atom. The van der Waals surface area contributed by atoms with Gasteiger partial charge in [0.05, 0.1) is 11.0 Å². The van der Waals surface area contributed by atoms with Crippen LogP contribution < -0.4 is 60.4 Å². The van der Waals surface area contributed by atoms with E-state index in [0.29, 0.717) is 17.6 Å². The second kappa shape index (κ2) is 15.1. The first kappa shape index (κ1) is 40.4. The summed E-state index contributed by atoms with van der Waals surface area (Å²) < 4.78 is 29.4. The highest BCUT2D eigenvalue weighted by Gasteiger charge is 2.54. The fourth-order valence-corrected chi connectivity index (χ4v) is 22.7. The number of benzene rings is 10. The predicted molar refractivity (Wildman–Crippen MR) is 293 cm³/mol. The van der Waals surface area contributed by atoms with E-state index in [1.54, 1.807) is 0 Å². The molecule has 342 valence electrons. The van der Waals surface area contributed by atoms with Gasteiger partial charge in [-0.05, 0) is 126 Å². The lowest BCUT2D eigenvalue weighted by molar-refractivity contribution is 0.481. The first-order chi connectivity index (χ1) is 36.2. The summed E-state index contributed by atoms with van der Waals surface area (Å²) in [6, 6.07) is 80.9. The maximum absolute atomic E-state index is 6.90. The minimum absolute atomic E-state index is 0.512. The fraction of sp³-hybridized carbons (Fsp3) is 0. The number of hydrogen-bond donors (Lipinski definition) is 0. The van der Waals surface area contributed by atoms with Gasteiger partial charge in [0.1, 0.15) is 46.0 Å². The quantitative estimate of drug-likeness (QED) is 0.163. The van der Waals surface area contributed by atoms with Gasteiger partial charge in [-0.3, -0.25) is 4.57 Å². The lowest BCUT2D eigenvalue weighted by Crippen LogP contribution is -2.77. The van der Waals surface area contributed by atoms with Crippen molar-refractivity contribution in [2.24, 2.45) is 0 Å². The summed E-state index contributed by atoms with van der Waals surface area (Å²) in [7, 11) is -6.21. The Morgan fingerprint density at radius 3 is 0.904 bits per heavy atom. The monoisotopic (exact) mass is 970 g/mol. The zero-order chi connectivity index (χ0) is 47.8. The van der Waals surface area contributed by atoms with Gasteiger partial charge in [-0.1, -0.05) is 146 Å². The zero-order valence-electron chi connectivity index (χ0n) is 38.9. The summed E-state index contributed by atoms with van der Waals surface area (Å²) in [6.07, 6.45) is 0. The number of nitrogens with zero attached hydrogens (tertiary/aromatic N) is 4. The summed E-state index contributed by atoms with van der Waals surface area (Å²) in [5.41, 5.74) is 3.69. The first-order valence-corrected chi connectivity index (χ1v) is 28.5. The molecule has 0 atom stereocenters. The minimum Gasteiger partial charge on any atom is -0.458 e. The maximum Gasteiger partial charge on any atom is 0.238 e. The molecule has 0 radical (unpaired) electrons. The SMILES string of the molecule is c1ccc2c(c1)Oc1ccccc1[Si]21c2ccccc2Oc2ccc(-c3nc(-c4ccc5c(c4)[Si]4(c6ccccc6Oc6ccccc64)c4ccccc4O5)nc(-n4c5ccccc5c5ccccc54)n3)cc21. The lowest BCUT2D eigenvalue weighted by Gasteiger charge is -2.43. The molecule has 0 N–H and O–H groups in total. The number of rotatable bonds is 3. The Kier molecular flexibility index (Phi) is 8.34. The summed E-state index contributed by atoms with van der Waals surface area (Å²) in [6.45, 7) is 0. The highest BCUT2D eigenvalue weighted by molar-refractivity contribution is 7.22. The van der Waals surface area contributed by atoms with Crippen LogP contribution in [0, 0.1) is 0 Å². The number of fused-ring (bicyclic) bond motifs is 19. The molecule has 0 saturated carbocycles. The molecule has 10 heteroatoms. The normalized spacial score (nSPS) is 14.4. The molecule has 0 aliphatic carbocycles. The van der Waals surface area contributed by atoms with E-state index in [9.17, 15) is 0 Å². The first-order valence-electron chi connectivity index (χ1n) is 24.5. The van der Waals surface area contributed by atoms with Gasteiger partial charge in [0.25, 0.3) is 0 Å². The van der Waals surface area contributed by atoms with Gasteiger partial charge in [0.2, 0.25) is 5.95 Å². The van der Waals surface area contributed by atoms with E-state index in [2.05, 4.69) is 235 Å². The molecule has 8 nitrogen and oxygen atoms in total. The molecule has 2 aromatic heterocycles. The van der Waals surface area contributed by atoms with Crippen molar-refractivity contribution in [3.05, 3.63) is 231 Å². The largest absolute Gasteiger partial charge is 0.458 e. The number of ether oxygens (including phenoxy) is 4. The Balaban J connectivity index is 0.973. The minimum atomic E-state index is -3.11. The molecule has 73 heavy (non-hydrogen) atoms. The molecule has 0 saturated heterocycles. The highest BCUT2D eigenvalue weighted by Crippen LogP contribution is 2.40. The average Bonchev–Trinajstić information content (AvgIpc) is 3.79. The summed E-state index contributed by atoms with van der Waals surface area (Å²) in [4.78, 5) is 16.6. The predicted octanol–water partition coefficient (Wildman–Crippen LogP) is 9.48. The Hall–Kier alpha value is -9.36. The van der Waals surface area contributed by atoms with Crippen molar-refractivity contribution in [1.29, 1.82) is 0 Å². The molecule has 0 fully saturated rings. The van der Waals surface area contributed by atoms with Crippen LogP contribution in [-0.2, 0) is 0 Å². The van der Waals surface area contributed by atoms with E-state index in [0.717, 1.165) is 120 Å². The standard InChI is InChI=1S/C63H38N4O4Si2/c1-3-19-43-41(17-1)42-18-2-4-20-44(42)67(43)63-65-61(39-33-35-51-59(37-39)72(57-31-15-9-25-49(57)70-51)53-27-11-5-21-45(53)68-46-22-6-12-28-54(46)72)64-62(66-63)40-34-36-52-60(38-40)73(58-32-16-10-26-50(58)71-52)55-29-13-7-23-47(55)69-48-24-8-14-30-56(48)73/h1-38H. The van der Waals surface area contributed by atoms with Crippen molar-refractivity contribution in [2.75, 3.05) is 0 Å². The van der Waals surface area contributed by atoms with Crippen molar-refractivity contribution in [3.63, 3.8) is 0 Å².